The smallest absolute Gasteiger partial charge is 0.180 e. The Hall–Kier alpha value is -1.36. The van der Waals surface area contributed by atoms with Crippen molar-refractivity contribution in [2.24, 2.45) is 5.41 Å². The van der Waals surface area contributed by atoms with Gasteiger partial charge in [0.2, 0.25) is 0 Å². The topological polar surface area (TPSA) is 35.5 Å². The van der Waals surface area contributed by atoms with Crippen LogP contribution in [0.2, 0.25) is 5.02 Å². The van der Waals surface area contributed by atoms with Gasteiger partial charge in [-0.25, -0.2) is 0 Å². The first-order chi connectivity index (χ1) is 13.0. The van der Waals surface area contributed by atoms with E-state index in [1.807, 2.05) is 30.3 Å². The zero-order valence-electron chi connectivity index (χ0n) is 16.3. The summed E-state index contributed by atoms with van der Waals surface area (Å²) in [6, 6.07) is 14.1. The second-order valence-corrected chi connectivity index (χ2v) is 9.15. The molecule has 2 aromatic rings. The van der Waals surface area contributed by atoms with Gasteiger partial charge in [0, 0.05) is 23.7 Å². The first kappa shape index (κ1) is 20.4. The van der Waals surface area contributed by atoms with Crippen LogP contribution in [0.3, 0.4) is 0 Å². The fraction of sp³-hybridized carbons (Fsp3) is 0.455. The van der Waals surface area contributed by atoms with Gasteiger partial charge in [-0.3, -0.25) is 0 Å². The Morgan fingerprint density at radius 1 is 1.22 bits per heavy atom. The number of methoxy groups -OCH3 is 1. The Morgan fingerprint density at radius 3 is 2.59 bits per heavy atom. The number of rotatable bonds is 6. The number of unbranched alkanes of at least 4 members (excludes halogenated alkanes) is 1. The van der Waals surface area contributed by atoms with Crippen LogP contribution in [0, 0.1) is 5.41 Å². The monoisotopic (exact) mass is 405 g/mol. The summed E-state index contributed by atoms with van der Waals surface area (Å²) >= 11 is 5.35. The lowest BCUT2D eigenvalue weighted by Crippen LogP contribution is -2.37. The van der Waals surface area contributed by atoms with Crippen LogP contribution in [0.15, 0.2) is 47.4 Å². The molecule has 5 heteroatoms. The van der Waals surface area contributed by atoms with E-state index < -0.39 is 11.2 Å². The quantitative estimate of drug-likeness (QED) is 0.537. The molecular weight excluding hydrogens is 378 g/mol. The van der Waals surface area contributed by atoms with Crippen molar-refractivity contribution in [3.05, 3.63) is 47.5 Å². The van der Waals surface area contributed by atoms with E-state index in [0.717, 1.165) is 48.5 Å². The van der Waals surface area contributed by atoms with Gasteiger partial charge in [-0.15, -0.1) is 0 Å². The summed E-state index contributed by atoms with van der Waals surface area (Å²) in [5.74, 6) is 1.25. The van der Waals surface area contributed by atoms with Gasteiger partial charge in [-0.05, 0) is 42.2 Å². The molecule has 1 aliphatic heterocycles. The maximum absolute atomic E-state index is 13.4. The molecule has 0 radical (unpaired) electrons. The Balaban J connectivity index is 2.15. The fourth-order valence-electron chi connectivity index (χ4n) is 3.83. The van der Waals surface area contributed by atoms with Crippen molar-refractivity contribution < 1.29 is 9.29 Å². The van der Waals surface area contributed by atoms with Crippen LogP contribution in [0.5, 0.6) is 5.75 Å². The largest absolute Gasteiger partial charge is 0.611 e. The molecule has 2 atom stereocenters. The van der Waals surface area contributed by atoms with Crippen molar-refractivity contribution in [2.45, 2.75) is 44.4 Å². The molecule has 0 fully saturated rings. The Kier molecular flexibility index (Phi) is 6.61. The molecule has 146 valence electrons. The summed E-state index contributed by atoms with van der Waals surface area (Å²) in [6.45, 7) is 5.28. The lowest BCUT2D eigenvalue weighted by molar-refractivity contribution is 0.290. The number of para-hydroxylation sites is 1. The number of ether oxygens (including phenoxy) is 1. The molecule has 0 spiro atoms. The minimum Gasteiger partial charge on any atom is -0.611 e. The molecular formula is C22H28ClNO2S. The van der Waals surface area contributed by atoms with E-state index in [0.29, 0.717) is 16.5 Å². The predicted octanol–water partition coefficient (Wildman–Crippen LogP) is 6.19. The molecule has 3 rings (SSSR count). The Bertz CT molecular complexity index is 770. The third-order valence-corrected chi connectivity index (χ3v) is 7.57. The molecule has 3 nitrogen and oxygen atoms in total. The summed E-state index contributed by atoms with van der Waals surface area (Å²) in [5, 5.41) is 0.548. The Morgan fingerprint density at radius 2 is 1.96 bits per heavy atom. The van der Waals surface area contributed by atoms with Gasteiger partial charge in [-0.1, -0.05) is 56.5 Å². The number of hydrogen-bond donors (Lipinski definition) is 0. The second kappa shape index (κ2) is 8.76. The van der Waals surface area contributed by atoms with Gasteiger partial charge in [0.05, 0.1) is 17.8 Å². The normalized spacial score (nSPS) is 22.3. The van der Waals surface area contributed by atoms with Crippen molar-refractivity contribution in [1.29, 1.82) is 0 Å². The minimum atomic E-state index is -1.10. The molecule has 27 heavy (non-hydrogen) atoms. The van der Waals surface area contributed by atoms with Crippen LogP contribution in [-0.2, 0) is 11.2 Å². The van der Waals surface area contributed by atoms with Gasteiger partial charge in [0.1, 0.15) is 11.5 Å². The lowest BCUT2D eigenvalue weighted by atomic mass is 9.81. The van der Waals surface area contributed by atoms with Crippen LogP contribution in [0.4, 0.5) is 11.4 Å². The SMILES string of the molecule is CCCCC1(CC)CN(c2ccccc2)c2cc(Cl)c(OC)cc2[S+]([O-])C1. The first-order valence-corrected chi connectivity index (χ1v) is 11.3. The standard InChI is InChI=1S/C22H28ClNO2S/c1-4-6-12-22(5-2)15-24(17-10-8-7-9-11-17)19-13-18(23)20(26-3)14-21(19)27(25)16-22/h7-11,13-14H,4-6,12,15-16H2,1-3H3. The highest BCUT2D eigenvalue weighted by Gasteiger charge is 2.41. The average molecular weight is 406 g/mol. The molecule has 2 unspecified atom stereocenters. The lowest BCUT2D eigenvalue weighted by Gasteiger charge is -2.35. The van der Waals surface area contributed by atoms with Crippen molar-refractivity contribution >= 4 is 34.2 Å². The maximum Gasteiger partial charge on any atom is 0.180 e. The van der Waals surface area contributed by atoms with E-state index in [4.69, 9.17) is 16.3 Å². The molecule has 0 amide bonds. The summed E-state index contributed by atoms with van der Waals surface area (Å²) in [6.07, 6.45) is 4.37. The molecule has 0 N–H and O–H groups in total. The zero-order chi connectivity index (χ0) is 19.4. The average Bonchev–Trinajstić information content (AvgIpc) is 2.81. The van der Waals surface area contributed by atoms with Crippen molar-refractivity contribution in [3.8, 4) is 5.75 Å². The minimum absolute atomic E-state index is 0.00937. The van der Waals surface area contributed by atoms with Crippen molar-refractivity contribution in [2.75, 3.05) is 24.3 Å². The third kappa shape index (κ3) is 4.23. The number of fused-ring (bicyclic) bond motifs is 1. The van der Waals surface area contributed by atoms with Crippen molar-refractivity contribution in [1.82, 2.24) is 0 Å². The highest BCUT2D eigenvalue weighted by Crippen LogP contribution is 2.46. The van der Waals surface area contributed by atoms with Gasteiger partial charge in [0.15, 0.2) is 4.90 Å². The van der Waals surface area contributed by atoms with Gasteiger partial charge in [-0.2, -0.15) is 0 Å². The zero-order valence-corrected chi connectivity index (χ0v) is 17.9. The third-order valence-electron chi connectivity index (χ3n) is 5.58. The van der Waals surface area contributed by atoms with Crippen LogP contribution in [0.25, 0.3) is 0 Å². The van der Waals surface area contributed by atoms with Gasteiger partial charge < -0.3 is 14.2 Å². The number of anilines is 2. The summed E-state index contributed by atoms with van der Waals surface area (Å²) in [7, 11) is 1.60. The van der Waals surface area contributed by atoms with E-state index in [2.05, 4.69) is 30.9 Å². The number of hydrogen-bond acceptors (Lipinski definition) is 3. The van der Waals surface area contributed by atoms with E-state index in [-0.39, 0.29) is 5.41 Å². The molecule has 0 aliphatic carbocycles. The molecule has 0 bridgehead atoms. The molecule has 1 heterocycles. The highest BCUT2D eigenvalue weighted by atomic mass is 35.5. The number of halogens is 1. The van der Waals surface area contributed by atoms with Crippen LogP contribution in [0.1, 0.15) is 39.5 Å². The van der Waals surface area contributed by atoms with Crippen LogP contribution >= 0.6 is 11.6 Å². The van der Waals surface area contributed by atoms with Crippen molar-refractivity contribution in [3.63, 3.8) is 0 Å². The van der Waals surface area contributed by atoms with Crippen LogP contribution in [-0.4, -0.2) is 24.0 Å². The summed E-state index contributed by atoms with van der Waals surface area (Å²) in [5.41, 5.74) is 2.04. The van der Waals surface area contributed by atoms with Gasteiger partial charge in [0.25, 0.3) is 0 Å². The van der Waals surface area contributed by atoms with E-state index >= 15 is 0 Å². The van der Waals surface area contributed by atoms with E-state index in [1.54, 1.807) is 7.11 Å². The predicted molar refractivity (Wildman–Crippen MR) is 115 cm³/mol. The summed E-state index contributed by atoms with van der Waals surface area (Å²) in [4.78, 5) is 3.11. The summed E-state index contributed by atoms with van der Waals surface area (Å²) < 4.78 is 18.8. The molecule has 1 aliphatic rings. The number of benzene rings is 2. The molecule has 0 saturated carbocycles. The molecule has 0 saturated heterocycles. The van der Waals surface area contributed by atoms with Crippen LogP contribution < -0.4 is 9.64 Å². The van der Waals surface area contributed by atoms with E-state index in [9.17, 15) is 4.55 Å². The molecule has 0 aromatic heterocycles. The molecule has 2 aromatic carbocycles. The fourth-order valence-corrected chi connectivity index (χ4v) is 5.86. The number of nitrogens with zero attached hydrogens (tertiary/aromatic N) is 1. The van der Waals surface area contributed by atoms with Gasteiger partial charge >= 0.3 is 0 Å². The maximum atomic E-state index is 13.4. The first-order valence-electron chi connectivity index (χ1n) is 9.62. The Labute approximate surface area is 170 Å². The highest BCUT2D eigenvalue weighted by molar-refractivity contribution is 7.91. The van der Waals surface area contributed by atoms with E-state index in [1.165, 1.54) is 0 Å². The second-order valence-electron chi connectivity index (χ2n) is 7.32.